The molecule has 140 valence electrons. The number of benzene rings is 1. The summed E-state index contributed by atoms with van der Waals surface area (Å²) in [5.74, 6) is 0.308. The van der Waals surface area contributed by atoms with Gasteiger partial charge in [-0.05, 0) is 30.5 Å². The summed E-state index contributed by atoms with van der Waals surface area (Å²) in [6.45, 7) is 1.54. The molecule has 0 unspecified atom stereocenters. The van der Waals surface area contributed by atoms with E-state index in [0.717, 1.165) is 57.2 Å². The first kappa shape index (κ1) is 19.6. The van der Waals surface area contributed by atoms with Crippen molar-refractivity contribution in [3.63, 3.8) is 0 Å². The van der Waals surface area contributed by atoms with Crippen LogP contribution in [-0.4, -0.2) is 38.6 Å². The molecule has 9 heteroatoms. The van der Waals surface area contributed by atoms with Gasteiger partial charge in [-0.25, -0.2) is 13.4 Å². The zero-order chi connectivity index (χ0) is 18.7. The average Bonchev–Trinajstić information content (AvgIpc) is 2.80. The molecule has 0 amide bonds. The molecule has 1 saturated heterocycles. The summed E-state index contributed by atoms with van der Waals surface area (Å²) in [5, 5.41) is 0. The summed E-state index contributed by atoms with van der Waals surface area (Å²) in [6.07, 6.45) is 0.285. The first-order chi connectivity index (χ1) is 11.6. The quantitative estimate of drug-likeness (QED) is 0.649. The smallest absolute Gasteiger partial charge is 0.370 e. The summed E-state index contributed by atoms with van der Waals surface area (Å²) in [4.78, 5) is 5.38. The van der Waals surface area contributed by atoms with Crippen molar-refractivity contribution >= 4 is 15.8 Å². The highest BCUT2D eigenvalue weighted by molar-refractivity contribution is 7.90. The molecule has 1 aliphatic rings. The molecular weight excluding hydrogens is 355 g/mol. The maximum atomic E-state index is 13.2. The lowest BCUT2D eigenvalue weighted by atomic mass is 10.1. The Kier molecular flexibility index (Phi) is 5.97. The Hall–Kier alpha value is -1.77. The number of guanidine groups is 1. The molecule has 0 spiro atoms. The van der Waals surface area contributed by atoms with Crippen LogP contribution in [0.25, 0.3) is 0 Å². The minimum Gasteiger partial charge on any atom is -0.370 e. The van der Waals surface area contributed by atoms with Gasteiger partial charge >= 0.3 is 6.18 Å². The summed E-state index contributed by atoms with van der Waals surface area (Å²) < 4.78 is 62.6. The lowest BCUT2D eigenvalue weighted by Crippen LogP contribution is -2.38. The average molecular weight is 377 g/mol. The Balaban J connectivity index is 2.24. The van der Waals surface area contributed by atoms with Gasteiger partial charge in [0.15, 0.2) is 15.8 Å². The molecule has 2 N–H and O–H groups in total. The Morgan fingerprint density at radius 2 is 1.80 bits per heavy atom. The Bertz CT molecular complexity index is 737. The van der Waals surface area contributed by atoms with Crippen LogP contribution in [0, 0.1) is 0 Å². The predicted molar refractivity (Wildman–Crippen MR) is 89.9 cm³/mol. The predicted octanol–water partition coefficient (Wildman–Crippen LogP) is 2.80. The third-order valence-corrected chi connectivity index (χ3v) is 5.26. The second-order valence-electron chi connectivity index (χ2n) is 6.18. The van der Waals surface area contributed by atoms with E-state index in [9.17, 15) is 21.6 Å². The van der Waals surface area contributed by atoms with Crippen molar-refractivity contribution in [1.29, 1.82) is 0 Å². The zero-order valence-corrected chi connectivity index (χ0v) is 14.8. The second-order valence-corrected chi connectivity index (χ2v) is 8.16. The molecule has 1 aliphatic heterocycles. The van der Waals surface area contributed by atoms with Gasteiger partial charge in [-0.2, -0.15) is 13.2 Å². The number of hydrogen-bond acceptors (Lipinski definition) is 3. The van der Waals surface area contributed by atoms with E-state index in [-0.39, 0.29) is 12.1 Å². The third-order valence-electron chi connectivity index (χ3n) is 4.10. The highest BCUT2D eigenvalue weighted by atomic mass is 32.2. The van der Waals surface area contributed by atoms with Gasteiger partial charge in [0.1, 0.15) is 0 Å². The van der Waals surface area contributed by atoms with Gasteiger partial charge in [-0.15, -0.1) is 0 Å². The van der Waals surface area contributed by atoms with Crippen LogP contribution in [0.3, 0.4) is 0 Å². The van der Waals surface area contributed by atoms with Gasteiger partial charge in [0.2, 0.25) is 0 Å². The highest BCUT2D eigenvalue weighted by Crippen LogP contribution is 2.35. The molecule has 1 fully saturated rings. The van der Waals surface area contributed by atoms with E-state index in [1.54, 1.807) is 0 Å². The fourth-order valence-corrected chi connectivity index (χ4v) is 3.68. The van der Waals surface area contributed by atoms with Crippen LogP contribution in [0.1, 0.15) is 36.8 Å². The van der Waals surface area contributed by atoms with Crippen LogP contribution in [0.4, 0.5) is 13.2 Å². The van der Waals surface area contributed by atoms with Crippen molar-refractivity contribution in [3.05, 3.63) is 29.3 Å². The van der Waals surface area contributed by atoms with Gasteiger partial charge in [-0.3, -0.25) is 0 Å². The summed E-state index contributed by atoms with van der Waals surface area (Å²) in [6, 6.07) is 3.14. The minimum absolute atomic E-state index is 0.0323. The van der Waals surface area contributed by atoms with Crippen molar-refractivity contribution in [2.24, 2.45) is 10.7 Å². The number of hydrogen-bond donors (Lipinski definition) is 1. The van der Waals surface area contributed by atoms with E-state index < -0.39 is 26.5 Å². The largest absolute Gasteiger partial charge is 0.417 e. The van der Waals surface area contributed by atoms with Crippen molar-refractivity contribution < 1.29 is 21.6 Å². The number of rotatable bonds is 3. The number of nitrogens with zero attached hydrogens (tertiary/aromatic N) is 2. The molecule has 0 radical (unpaired) electrons. The van der Waals surface area contributed by atoms with E-state index in [2.05, 4.69) is 4.99 Å². The summed E-state index contributed by atoms with van der Waals surface area (Å²) >= 11 is 0. The zero-order valence-electron chi connectivity index (χ0n) is 14.0. The third kappa shape index (κ3) is 5.35. The normalized spacial score (nSPS) is 17.4. The minimum atomic E-state index is -4.76. The Morgan fingerprint density at radius 1 is 1.20 bits per heavy atom. The first-order valence-corrected chi connectivity index (χ1v) is 9.93. The molecule has 0 saturated carbocycles. The van der Waals surface area contributed by atoms with E-state index >= 15 is 0 Å². The van der Waals surface area contributed by atoms with E-state index in [1.807, 2.05) is 4.90 Å². The molecule has 1 aromatic carbocycles. The molecule has 0 atom stereocenters. The number of halogens is 3. The number of sulfone groups is 1. The molecule has 0 aromatic heterocycles. The molecule has 1 heterocycles. The maximum absolute atomic E-state index is 13.2. The maximum Gasteiger partial charge on any atom is 0.417 e. The number of alkyl halides is 3. The summed E-state index contributed by atoms with van der Waals surface area (Å²) in [5.41, 5.74) is 5.04. The number of nitrogens with two attached hydrogens (primary N) is 1. The van der Waals surface area contributed by atoms with Crippen LogP contribution in [0.2, 0.25) is 0 Å². The van der Waals surface area contributed by atoms with E-state index in [4.69, 9.17) is 5.73 Å². The van der Waals surface area contributed by atoms with Crippen molar-refractivity contribution in [2.45, 2.75) is 43.3 Å². The summed E-state index contributed by atoms with van der Waals surface area (Å²) in [7, 11) is -3.97. The van der Waals surface area contributed by atoms with Crippen LogP contribution < -0.4 is 5.73 Å². The monoisotopic (exact) mass is 377 g/mol. The van der Waals surface area contributed by atoms with Gasteiger partial charge in [-0.1, -0.05) is 18.9 Å². The molecule has 25 heavy (non-hydrogen) atoms. The fraction of sp³-hybridized carbons (Fsp3) is 0.562. The van der Waals surface area contributed by atoms with Crippen LogP contribution in [0.15, 0.2) is 28.1 Å². The molecule has 2 rings (SSSR count). The lowest BCUT2D eigenvalue weighted by molar-refractivity contribution is -0.139. The lowest BCUT2D eigenvalue weighted by Gasteiger charge is -2.21. The Morgan fingerprint density at radius 3 is 2.32 bits per heavy atom. The number of aliphatic imine (C=N–C) groups is 1. The number of likely N-dealkylation sites (tertiary alicyclic amines) is 1. The topological polar surface area (TPSA) is 75.8 Å². The van der Waals surface area contributed by atoms with Crippen LogP contribution >= 0.6 is 0 Å². The van der Waals surface area contributed by atoms with Crippen molar-refractivity contribution in [3.8, 4) is 0 Å². The molecule has 0 aliphatic carbocycles. The molecule has 5 nitrogen and oxygen atoms in total. The Labute approximate surface area is 145 Å². The first-order valence-electron chi connectivity index (χ1n) is 8.04. The van der Waals surface area contributed by atoms with Crippen LogP contribution in [0.5, 0.6) is 0 Å². The fourth-order valence-electron chi connectivity index (χ4n) is 2.79. The van der Waals surface area contributed by atoms with E-state index in [1.165, 1.54) is 6.07 Å². The van der Waals surface area contributed by atoms with Gasteiger partial charge in [0.05, 0.1) is 17.0 Å². The van der Waals surface area contributed by atoms with Gasteiger partial charge in [0.25, 0.3) is 0 Å². The van der Waals surface area contributed by atoms with Crippen molar-refractivity contribution in [1.82, 2.24) is 4.90 Å². The van der Waals surface area contributed by atoms with Crippen molar-refractivity contribution in [2.75, 3.05) is 19.3 Å². The second kappa shape index (κ2) is 7.63. The van der Waals surface area contributed by atoms with Gasteiger partial charge in [0, 0.05) is 19.3 Å². The molecular formula is C16H22F3N3O2S. The standard InChI is InChI=1S/C16H22F3N3O2S/c1-25(23,24)14-7-6-12(10-13(14)16(17,18)19)11-21-15(20)22-8-4-2-3-5-9-22/h6-7,10H,2-5,8-9,11H2,1H3,(H2,20,21). The highest BCUT2D eigenvalue weighted by Gasteiger charge is 2.36. The molecule has 1 aromatic rings. The molecule has 0 bridgehead atoms. The van der Waals surface area contributed by atoms with Crippen LogP contribution in [-0.2, 0) is 22.6 Å². The van der Waals surface area contributed by atoms with Gasteiger partial charge < -0.3 is 10.6 Å². The SMILES string of the molecule is CS(=O)(=O)c1ccc(CN=C(N)N2CCCCCC2)cc1C(F)(F)F. The van der Waals surface area contributed by atoms with E-state index in [0.29, 0.717) is 5.96 Å².